The van der Waals surface area contributed by atoms with E-state index in [1.807, 2.05) is 26.8 Å². The molecule has 0 bridgehead atoms. The second kappa shape index (κ2) is 5.75. The number of hydrogen-bond donors (Lipinski definition) is 1. The molecule has 1 atom stereocenters. The first kappa shape index (κ1) is 14.7. The summed E-state index contributed by atoms with van der Waals surface area (Å²) in [4.78, 5) is 0. The van der Waals surface area contributed by atoms with Gasteiger partial charge in [-0.1, -0.05) is 19.1 Å². The highest BCUT2D eigenvalue weighted by Gasteiger charge is 2.17. The summed E-state index contributed by atoms with van der Waals surface area (Å²) in [7, 11) is 0. The zero-order valence-corrected chi connectivity index (χ0v) is 12.6. The summed E-state index contributed by atoms with van der Waals surface area (Å²) in [5, 5.41) is 4.52. The molecule has 0 amide bonds. The van der Waals surface area contributed by atoms with Gasteiger partial charge in [0.2, 0.25) is 0 Å². The summed E-state index contributed by atoms with van der Waals surface area (Å²) < 4.78 is 16.0. The molecule has 4 heteroatoms. The lowest BCUT2D eigenvalue weighted by molar-refractivity contribution is 0.600. The molecule has 2 N–H and O–H groups in total. The van der Waals surface area contributed by atoms with E-state index in [-0.39, 0.29) is 11.9 Å². The highest BCUT2D eigenvalue weighted by Crippen LogP contribution is 2.24. The van der Waals surface area contributed by atoms with Crippen molar-refractivity contribution in [3.63, 3.8) is 0 Å². The lowest BCUT2D eigenvalue weighted by Gasteiger charge is -2.14. The van der Waals surface area contributed by atoms with E-state index in [9.17, 15) is 4.39 Å². The summed E-state index contributed by atoms with van der Waals surface area (Å²) in [6, 6.07) is 5.10. The number of nitrogens with two attached hydrogens (primary N) is 1. The van der Waals surface area contributed by atoms with Crippen LogP contribution in [0.1, 0.15) is 36.4 Å². The second-order valence-electron chi connectivity index (χ2n) is 5.34. The minimum Gasteiger partial charge on any atom is -0.328 e. The van der Waals surface area contributed by atoms with Crippen LogP contribution in [0, 0.1) is 19.7 Å². The van der Waals surface area contributed by atoms with Crippen molar-refractivity contribution in [3.8, 4) is 5.69 Å². The molecule has 1 unspecified atom stereocenters. The van der Waals surface area contributed by atoms with E-state index >= 15 is 0 Å². The van der Waals surface area contributed by atoms with Gasteiger partial charge in [-0.15, -0.1) is 0 Å². The highest BCUT2D eigenvalue weighted by atomic mass is 19.1. The average Bonchev–Trinajstić information content (AvgIpc) is 2.64. The van der Waals surface area contributed by atoms with E-state index in [0.717, 1.165) is 23.4 Å². The molecule has 0 radical (unpaired) electrons. The van der Waals surface area contributed by atoms with Crippen LogP contribution in [0.4, 0.5) is 4.39 Å². The maximum atomic E-state index is 14.3. The van der Waals surface area contributed by atoms with Crippen molar-refractivity contribution >= 4 is 0 Å². The van der Waals surface area contributed by atoms with Gasteiger partial charge in [-0.05, 0) is 50.8 Å². The molecule has 3 nitrogen and oxygen atoms in total. The van der Waals surface area contributed by atoms with Crippen molar-refractivity contribution in [3.05, 3.63) is 46.5 Å². The number of aromatic nitrogens is 2. The molecule has 1 aromatic carbocycles. The normalized spacial score (nSPS) is 12.7. The predicted octanol–water partition coefficient (Wildman–Crippen LogP) is 3.08. The van der Waals surface area contributed by atoms with E-state index < -0.39 is 0 Å². The van der Waals surface area contributed by atoms with Crippen LogP contribution in [0.15, 0.2) is 18.2 Å². The third-order valence-corrected chi connectivity index (χ3v) is 3.62. The number of hydrogen-bond acceptors (Lipinski definition) is 2. The van der Waals surface area contributed by atoms with Gasteiger partial charge in [0.15, 0.2) is 0 Å². The van der Waals surface area contributed by atoms with Crippen LogP contribution >= 0.6 is 0 Å². The highest BCUT2D eigenvalue weighted by molar-refractivity contribution is 5.45. The number of aryl methyl sites for hydroxylation is 1. The predicted molar refractivity (Wildman–Crippen MR) is 79.7 cm³/mol. The summed E-state index contributed by atoms with van der Waals surface area (Å²) in [5.41, 5.74) is 10.4. The fourth-order valence-electron chi connectivity index (χ4n) is 2.71. The number of benzene rings is 1. The smallest absolute Gasteiger partial charge is 0.149 e. The Morgan fingerprint density at radius 2 is 2.05 bits per heavy atom. The van der Waals surface area contributed by atoms with E-state index in [1.54, 1.807) is 10.7 Å². The molecule has 1 aromatic heterocycles. The molecule has 0 saturated heterocycles. The van der Waals surface area contributed by atoms with E-state index in [0.29, 0.717) is 12.1 Å². The third-order valence-electron chi connectivity index (χ3n) is 3.62. The van der Waals surface area contributed by atoms with Crippen LogP contribution < -0.4 is 5.73 Å². The van der Waals surface area contributed by atoms with Crippen LogP contribution in [-0.4, -0.2) is 15.8 Å². The van der Waals surface area contributed by atoms with E-state index in [4.69, 9.17) is 5.73 Å². The maximum absolute atomic E-state index is 14.3. The molecule has 20 heavy (non-hydrogen) atoms. The van der Waals surface area contributed by atoms with Gasteiger partial charge in [-0.25, -0.2) is 9.07 Å². The Morgan fingerprint density at radius 3 is 2.60 bits per heavy atom. The second-order valence-corrected chi connectivity index (χ2v) is 5.34. The Morgan fingerprint density at radius 1 is 1.35 bits per heavy atom. The summed E-state index contributed by atoms with van der Waals surface area (Å²) in [6.45, 7) is 7.97. The lowest BCUT2D eigenvalue weighted by atomic mass is 10.0. The first-order valence-corrected chi connectivity index (χ1v) is 7.04. The molecule has 0 aliphatic heterocycles. The van der Waals surface area contributed by atoms with Crippen molar-refractivity contribution < 1.29 is 4.39 Å². The van der Waals surface area contributed by atoms with Gasteiger partial charge in [0, 0.05) is 11.7 Å². The van der Waals surface area contributed by atoms with E-state index in [2.05, 4.69) is 12.0 Å². The molecule has 0 saturated carbocycles. The van der Waals surface area contributed by atoms with Crippen molar-refractivity contribution in [2.24, 2.45) is 5.73 Å². The molecule has 2 rings (SSSR count). The zero-order valence-electron chi connectivity index (χ0n) is 12.6. The topological polar surface area (TPSA) is 43.8 Å². The minimum absolute atomic E-state index is 0.0156. The fourth-order valence-corrected chi connectivity index (χ4v) is 2.71. The number of halogens is 1. The molecule has 0 aliphatic carbocycles. The number of nitrogens with zero attached hydrogens (tertiary/aromatic N) is 2. The van der Waals surface area contributed by atoms with Gasteiger partial charge < -0.3 is 5.73 Å². The molecule has 1 heterocycles. The maximum Gasteiger partial charge on any atom is 0.149 e. The Balaban J connectivity index is 2.63. The summed E-state index contributed by atoms with van der Waals surface area (Å²) in [5.74, 6) is -0.253. The van der Waals surface area contributed by atoms with E-state index in [1.165, 1.54) is 11.6 Å². The minimum atomic E-state index is -0.253. The van der Waals surface area contributed by atoms with Crippen molar-refractivity contribution in [2.75, 3.05) is 0 Å². The SMILES string of the molecule is CCc1c(C)nn(-c2c(F)cccc2CC(C)N)c1C. The van der Waals surface area contributed by atoms with Crippen molar-refractivity contribution in [2.45, 2.75) is 46.6 Å². The summed E-state index contributed by atoms with van der Waals surface area (Å²) >= 11 is 0. The van der Waals surface area contributed by atoms with Gasteiger partial charge in [-0.2, -0.15) is 5.10 Å². The zero-order chi connectivity index (χ0) is 14.9. The monoisotopic (exact) mass is 275 g/mol. The number of rotatable bonds is 4. The Labute approximate surface area is 119 Å². The molecule has 0 spiro atoms. The Hall–Kier alpha value is -1.68. The van der Waals surface area contributed by atoms with Gasteiger partial charge in [0.1, 0.15) is 11.5 Å². The standard InChI is InChI=1S/C16H22FN3/c1-5-14-11(3)19-20(12(14)4)16-13(9-10(2)18)7-6-8-15(16)17/h6-8,10H,5,9,18H2,1-4H3. The van der Waals surface area contributed by atoms with Crippen LogP contribution in [0.25, 0.3) is 5.69 Å². The van der Waals surface area contributed by atoms with Crippen LogP contribution in [0.3, 0.4) is 0 Å². The Kier molecular flexibility index (Phi) is 4.23. The molecular weight excluding hydrogens is 253 g/mol. The molecule has 108 valence electrons. The van der Waals surface area contributed by atoms with Crippen LogP contribution in [0.5, 0.6) is 0 Å². The molecule has 2 aromatic rings. The van der Waals surface area contributed by atoms with Crippen molar-refractivity contribution in [1.29, 1.82) is 0 Å². The first-order valence-electron chi connectivity index (χ1n) is 7.04. The van der Waals surface area contributed by atoms with Crippen LogP contribution in [0.2, 0.25) is 0 Å². The fraction of sp³-hybridized carbons (Fsp3) is 0.438. The molecule has 0 fully saturated rings. The van der Waals surface area contributed by atoms with Gasteiger partial charge in [-0.3, -0.25) is 0 Å². The van der Waals surface area contributed by atoms with Gasteiger partial charge >= 0.3 is 0 Å². The largest absolute Gasteiger partial charge is 0.328 e. The number of para-hydroxylation sites is 1. The first-order chi connectivity index (χ1) is 9.45. The van der Waals surface area contributed by atoms with Gasteiger partial charge in [0.05, 0.1) is 5.69 Å². The Bertz CT molecular complexity index is 614. The van der Waals surface area contributed by atoms with Gasteiger partial charge in [0.25, 0.3) is 0 Å². The van der Waals surface area contributed by atoms with Crippen LogP contribution in [-0.2, 0) is 12.8 Å². The average molecular weight is 275 g/mol. The quantitative estimate of drug-likeness (QED) is 0.932. The molecule has 0 aliphatic rings. The third kappa shape index (κ3) is 2.61. The lowest BCUT2D eigenvalue weighted by Crippen LogP contribution is -2.20. The molecular formula is C16H22FN3. The summed E-state index contributed by atoms with van der Waals surface area (Å²) in [6.07, 6.45) is 1.53. The van der Waals surface area contributed by atoms with Crippen molar-refractivity contribution in [1.82, 2.24) is 9.78 Å².